The first-order chi connectivity index (χ1) is 17.9. The van der Waals surface area contributed by atoms with Crippen molar-refractivity contribution in [1.82, 2.24) is 4.98 Å². The first-order valence-electron chi connectivity index (χ1n) is 11.2. The highest BCUT2D eigenvalue weighted by Gasteiger charge is 2.20. The van der Waals surface area contributed by atoms with E-state index < -0.39 is 16.1 Å². The predicted octanol–water partition coefficient (Wildman–Crippen LogP) is 6.12. The van der Waals surface area contributed by atoms with Gasteiger partial charge in [0.05, 0.1) is 22.1 Å². The summed E-state index contributed by atoms with van der Waals surface area (Å²) >= 11 is 0. The molecule has 3 N–H and O–H groups in total. The van der Waals surface area contributed by atoms with Crippen LogP contribution in [0.5, 0.6) is 5.88 Å². The molecule has 0 radical (unpaired) electrons. The van der Waals surface area contributed by atoms with E-state index in [-0.39, 0.29) is 10.8 Å². The van der Waals surface area contributed by atoms with Crippen molar-refractivity contribution in [1.29, 1.82) is 5.26 Å². The molecule has 0 unspecified atom stereocenters. The first kappa shape index (κ1) is 23.7. The van der Waals surface area contributed by atoms with Crippen molar-refractivity contribution in [2.45, 2.75) is 4.90 Å². The number of nitrogens with zero attached hydrogens (tertiary/aromatic N) is 1. The average Bonchev–Trinajstić information content (AvgIpc) is 3.26. The van der Waals surface area contributed by atoms with Gasteiger partial charge in [0.25, 0.3) is 10.0 Å². The number of aromatic amines is 1. The van der Waals surface area contributed by atoms with E-state index in [4.69, 9.17) is 10.00 Å². The third-order valence-electron chi connectivity index (χ3n) is 5.59. The molecule has 0 bridgehead atoms. The maximum atomic E-state index is 12.9. The molecule has 0 fully saturated rings. The fourth-order valence-electron chi connectivity index (χ4n) is 3.88. The smallest absolute Gasteiger partial charge is 0.392 e. The molecule has 0 aliphatic rings. The number of benzene rings is 4. The van der Waals surface area contributed by atoms with Crippen LogP contribution in [-0.4, -0.2) is 19.5 Å². The summed E-state index contributed by atoms with van der Waals surface area (Å²) < 4.78 is 34.1. The van der Waals surface area contributed by atoms with Gasteiger partial charge in [-0.15, -0.1) is 0 Å². The summed E-state index contributed by atoms with van der Waals surface area (Å²) in [6.07, 6.45) is -0.670. The van der Waals surface area contributed by atoms with Gasteiger partial charge in [0, 0.05) is 22.3 Å². The minimum Gasteiger partial charge on any atom is -0.392 e. The van der Waals surface area contributed by atoms with Gasteiger partial charge in [0.1, 0.15) is 0 Å². The van der Waals surface area contributed by atoms with Crippen LogP contribution >= 0.6 is 0 Å². The highest BCUT2D eigenvalue weighted by Crippen LogP contribution is 2.39. The highest BCUT2D eigenvalue weighted by atomic mass is 32.2. The molecule has 4 aromatic carbocycles. The Morgan fingerprint density at radius 1 is 0.838 bits per heavy atom. The van der Waals surface area contributed by atoms with E-state index in [1.807, 2.05) is 42.5 Å². The topological polar surface area (TPSA) is 124 Å². The number of hydrogen-bond donors (Lipinski definition) is 3. The summed E-state index contributed by atoms with van der Waals surface area (Å²) in [5, 5.41) is 12.3. The number of ether oxygens (including phenoxy) is 1. The number of amides is 1. The zero-order chi connectivity index (χ0) is 25.8. The van der Waals surface area contributed by atoms with Crippen molar-refractivity contribution >= 4 is 38.4 Å². The van der Waals surface area contributed by atoms with Gasteiger partial charge in [-0.05, 0) is 60.2 Å². The third kappa shape index (κ3) is 5.15. The normalized spacial score (nSPS) is 11.0. The molecule has 37 heavy (non-hydrogen) atoms. The third-order valence-corrected chi connectivity index (χ3v) is 6.98. The summed E-state index contributed by atoms with van der Waals surface area (Å²) in [5.41, 5.74) is 3.32. The fourth-order valence-corrected chi connectivity index (χ4v) is 4.93. The van der Waals surface area contributed by atoms with Gasteiger partial charge in [-0.1, -0.05) is 48.5 Å². The summed E-state index contributed by atoms with van der Waals surface area (Å²) in [6.45, 7) is 0. The van der Waals surface area contributed by atoms with Crippen LogP contribution in [0.4, 0.5) is 16.2 Å². The molecule has 182 valence electrons. The Morgan fingerprint density at radius 2 is 1.51 bits per heavy atom. The summed E-state index contributed by atoms with van der Waals surface area (Å²) in [4.78, 5) is 15.8. The second-order valence-electron chi connectivity index (χ2n) is 8.08. The molecule has 0 saturated carbocycles. The molecule has 0 atom stereocenters. The monoisotopic (exact) mass is 508 g/mol. The largest absolute Gasteiger partial charge is 0.418 e. The Balaban J connectivity index is 1.50. The number of carbonyl (C=O) groups is 1. The number of aromatic nitrogens is 1. The number of fused-ring (bicyclic) bond motifs is 1. The van der Waals surface area contributed by atoms with Crippen LogP contribution in [0.1, 0.15) is 5.56 Å². The molecule has 0 aliphatic carbocycles. The number of H-pyrrole nitrogens is 1. The van der Waals surface area contributed by atoms with Crippen LogP contribution in [0.3, 0.4) is 0 Å². The number of para-hydroxylation sites is 1. The second-order valence-corrected chi connectivity index (χ2v) is 9.76. The lowest BCUT2D eigenvalue weighted by atomic mass is 10.0. The fraction of sp³-hybridized carbons (Fsp3) is 0. The molecule has 1 heterocycles. The van der Waals surface area contributed by atoms with Crippen molar-refractivity contribution in [3.63, 3.8) is 0 Å². The summed E-state index contributed by atoms with van der Waals surface area (Å²) in [7, 11) is -3.90. The Morgan fingerprint density at radius 3 is 2.19 bits per heavy atom. The predicted molar refractivity (Wildman–Crippen MR) is 142 cm³/mol. The Bertz CT molecular complexity index is 1720. The quantitative estimate of drug-likeness (QED) is 0.255. The molecular weight excluding hydrogens is 488 g/mol. The standard InChI is InChI=1S/C28H20N4O4S/c29-18-19-11-14-23(15-12-19)37(34,35)32-22-13-16-25-24(17-22)26(20-7-3-1-4-8-20)27(31-25)36-28(33)30-21-9-5-2-6-10-21/h1-17,31-32H,(H,30,33). The molecule has 0 aliphatic heterocycles. The van der Waals surface area contributed by atoms with Crippen LogP contribution in [0, 0.1) is 11.3 Å². The molecule has 5 rings (SSSR count). The van der Waals surface area contributed by atoms with Gasteiger partial charge in [-0.25, -0.2) is 13.2 Å². The number of rotatable bonds is 6. The van der Waals surface area contributed by atoms with Crippen molar-refractivity contribution in [2.24, 2.45) is 0 Å². The second kappa shape index (κ2) is 9.89. The Kier molecular flexibility index (Phi) is 6.32. The number of nitrogens with one attached hydrogen (secondary N) is 3. The van der Waals surface area contributed by atoms with Crippen molar-refractivity contribution < 1.29 is 17.9 Å². The molecule has 1 aromatic heterocycles. The molecule has 9 heteroatoms. The maximum Gasteiger partial charge on any atom is 0.418 e. The SMILES string of the molecule is N#Cc1ccc(S(=O)(=O)Nc2ccc3[nH]c(OC(=O)Nc4ccccc4)c(-c4ccccc4)c3c2)cc1. The lowest BCUT2D eigenvalue weighted by molar-refractivity contribution is 0.214. The molecule has 1 amide bonds. The van der Waals surface area contributed by atoms with Gasteiger partial charge in [0.15, 0.2) is 0 Å². The molecule has 0 saturated heterocycles. The number of hydrogen-bond acceptors (Lipinski definition) is 5. The number of carbonyl (C=O) groups excluding carboxylic acids is 1. The zero-order valence-electron chi connectivity index (χ0n) is 19.3. The van der Waals surface area contributed by atoms with E-state index in [0.29, 0.717) is 33.4 Å². The summed E-state index contributed by atoms with van der Waals surface area (Å²) in [6, 6.07) is 30.9. The van der Waals surface area contributed by atoms with Crippen LogP contribution < -0.4 is 14.8 Å². The molecular formula is C28H20N4O4S. The highest BCUT2D eigenvalue weighted by molar-refractivity contribution is 7.92. The van der Waals surface area contributed by atoms with Crippen LogP contribution in [0.2, 0.25) is 0 Å². The first-order valence-corrected chi connectivity index (χ1v) is 12.7. The minimum atomic E-state index is -3.90. The van der Waals surface area contributed by atoms with Gasteiger partial charge < -0.3 is 9.72 Å². The van der Waals surface area contributed by atoms with E-state index in [1.165, 1.54) is 24.3 Å². The Labute approximate surface area is 213 Å². The van der Waals surface area contributed by atoms with Gasteiger partial charge in [-0.3, -0.25) is 10.0 Å². The van der Waals surface area contributed by atoms with Crippen LogP contribution in [-0.2, 0) is 10.0 Å². The number of anilines is 2. The van der Waals surface area contributed by atoms with Gasteiger partial charge >= 0.3 is 6.09 Å². The van der Waals surface area contributed by atoms with E-state index in [2.05, 4.69) is 15.0 Å². The van der Waals surface area contributed by atoms with Crippen molar-refractivity contribution in [3.8, 4) is 23.1 Å². The van der Waals surface area contributed by atoms with Gasteiger partial charge in [-0.2, -0.15) is 5.26 Å². The number of sulfonamides is 1. The lowest BCUT2D eigenvalue weighted by Crippen LogP contribution is -2.17. The molecule has 0 spiro atoms. The van der Waals surface area contributed by atoms with E-state index >= 15 is 0 Å². The van der Waals surface area contributed by atoms with E-state index in [1.54, 1.807) is 42.5 Å². The summed E-state index contributed by atoms with van der Waals surface area (Å²) in [5.74, 6) is 0.224. The average molecular weight is 509 g/mol. The minimum absolute atomic E-state index is 0.0329. The van der Waals surface area contributed by atoms with Crippen molar-refractivity contribution in [2.75, 3.05) is 10.0 Å². The van der Waals surface area contributed by atoms with E-state index in [0.717, 1.165) is 5.56 Å². The zero-order valence-corrected chi connectivity index (χ0v) is 20.1. The van der Waals surface area contributed by atoms with Crippen LogP contribution in [0.15, 0.2) is 108 Å². The van der Waals surface area contributed by atoms with Crippen LogP contribution in [0.25, 0.3) is 22.0 Å². The van der Waals surface area contributed by atoms with Crippen molar-refractivity contribution in [3.05, 3.63) is 109 Å². The molecule has 8 nitrogen and oxygen atoms in total. The number of nitriles is 1. The maximum absolute atomic E-state index is 12.9. The Hall–Kier alpha value is -5.07. The lowest BCUT2D eigenvalue weighted by Gasteiger charge is -2.09. The van der Waals surface area contributed by atoms with Gasteiger partial charge in [0.2, 0.25) is 5.88 Å². The van der Waals surface area contributed by atoms with E-state index in [9.17, 15) is 13.2 Å². The molecule has 5 aromatic rings.